The van der Waals surface area contributed by atoms with E-state index in [0.29, 0.717) is 16.8 Å². The molecule has 0 spiro atoms. The number of carbonyl (C=O) groups excluding carboxylic acids is 1. The third-order valence-corrected chi connectivity index (χ3v) is 4.98. The highest BCUT2D eigenvalue weighted by Gasteiger charge is 2.31. The fourth-order valence-corrected chi connectivity index (χ4v) is 3.26. The molecule has 0 saturated heterocycles. The molecule has 0 heterocycles. The first-order chi connectivity index (χ1) is 12.6. The number of anilines is 1. The van der Waals surface area contributed by atoms with Crippen LogP contribution in [-0.2, 0) is 21.0 Å². The molecule has 0 fully saturated rings. The highest BCUT2D eigenvalue weighted by Crippen LogP contribution is 2.30. The minimum atomic E-state index is -4.66. The topological polar surface area (TPSA) is 87.3 Å². The standard InChI is InChI=1S/C16H15ClF3N3O3S/c17-12-4-2-5-13(10-12)22-23-15(24)7-8-21-27(25,26)14-6-1-3-11(9-14)16(18,19)20/h1-6,9-10,21-22H,7-8H2,(H,23,24). The molecule has 0 unspecified atom stereocenters. The highest BCUT2D eigenvalue weighted by molar-refractivity contribution is 7.89. The average molecular weight is 422 g/mol. The Morgan fingerprint density at radius 2 is 1.78 bits per heavy atom. The molecule has 2 rings (SSSR count). The van der Waals surface area contributed by atoms with E-state index in [4.69, 9.17) is 11.6 Å². The molecule has 3 N–H and O–H groups in total. The van der Waals surface area contributed by atoms with E-state index in [2.05, 4.69) is 15.6 Å². The van der Waals surface area contributed by atoms with Crippen molar-refractivity contribution in [1.82, 2.24) is 10.1 Å². The Morgan fingerprint density at radius 1 is 1.07 bits per heavy atom. The molecule has 1 amide bonds. The molecule has 0 aliphatic heterocycles. The number of hydrogen-bond acceptors (Lipinski definition) is 4. The number of amides is 1. The SMILES string of the molecule is O=C(CCNS(=O)(=O)c1cccc(C(F)(F)F)c1)NNc1cccc(Cl)c1. The van der Waals surface area contributed by atoms with E-state index in [1.54, 1.807) is 24.3 Å². The van der Waals surface area contributed by atoms with Crippen LogP contribution in [-0.4, -0.2) is 20.9 Å². The van der Waals surface area contributed by atoms with Gasteiger partial charge in [-0.05, 0) is 36.4 Å². The Morgan fingerprint density at radius 3 is 2.44 bits per heavy atom. The summed E-state index contributed by atoms with van der Waals surface area (Å²) in [4.78, 5) is 11.2. The molecule has 2 aromatic carbocycles. The van der Waals surface area contributed by atoms with E-state index in [-0.39, 0.29) is 13.0 Å². The van der Waals surface area contributed by atoms with Crippen LogP contribution >= 0.6 is 11.6 Å². The number of benzene rings is 2. The predicted octanol–water partition coefficient (Wildman–Crippen LogP) is 3.17. The second kappa shape index (κ2) is 8.59. The fourth-order valence-electron chi connectivity index (χ4n) is 1.99. The van der Waals surface area contributed by atoms with E-state index < -0.39 is 32.6 Å². The maximum absolute atomic E-state index is 12.7. The molecule has 0 aliphatic carbocycles. The van der Waals surface area contributed by atoms with Crippen LogP contribution in [0.15, 0.2) is 53.4 Å². The van der Waals surface area contributed by atoms with Gasteiger partial charge in [-0.15, -0.1) is 0 Å². The lowest BCUT2D eigenvalue weighted by Crippen LogP contribution is -2.33. The molecule has 2 aromatic rings. The van der Waals surface area contributed by atoms with Gasteiger partial charge in [0.05, 0.1) is 16.1 Å². The molecular formula is C16H15ClF3N3O3S. The molecule has 0 aromatic heterocycles. The van der Waals surface area contributed by atoms with Crippen molar-refractivity contribution in [1.29, 1.82) is 0 Å². The van der Waals surface area contributed by atoms with Crippen LogP contribution in [0.1, 0.15) is 12.0 Å². The Hall–Kier alpha value is -2.30. The van der Waals surface area contributed by atoms with Crippen LogP contribution in [0.4, 0.5) is 18.9 Å². The molecule has 0 atom stereocenters. The monoisotopic (exact) mass is 421 g/mol. The van der Waals surface area contributed by atoms with Gasteiger partial charge in [0, 0.05) is 18.0 Å². The molecule has 0 aliphatic rings. The smallest absolute Gasteiger partial charge is 0.299 e. The number of sulfonamides is 1. The van der Waals surface area contributed by atoms with Gasteiger partial charge in [-0.25, -0.2) is 13.1 Å². The van der Waals surface area contributed by atoms with Crippen molar-refractivity contribution < 1.29 is 26.4 Å². The largest absolute Gasteiger partial charge is 0.416 e. The number of hydrazine groups is 1. The summed E-state index contributed by atoms with van der Waals surface area (Å²) in [5, 5.41) is 0.461. The third-order valence-electron chi connectivity index (χ3n) is 3.29. The van der Waals surface area contributed by atoms with Gasteiger partial charge in [0.25, 0.3) is 0 Å². The summed E-state index contributed by atoms with van der Waals surface area (Å²) >= 11 is 5.79. The number of alkyl halides is 3. The van der Waals surface area contributed by atoms with Gasteiger partial charge >= 0.3 is 6.18 Å². The van der Waals surface area contributed by atoms with Gasteiger partial charge < -0.3 is 0 Å². The van der Waals surface area contributed by atoms with Gasteiger partial charge in [0.15, 0.2) is 0 Å². The van der Waals surface area contributed by atoms with Gasteiger partial charge in [0.2, 0.25) is 15.9 Å². The van der Waals surface area contributed by atoms with Crippen molar-refractivity contribution in [2.45, 2.75) is 17.5 Å². The zero-order valence-corrected chi connectivity index (χ0v) is 15.3. The van der Waals surface area contributed by atoms with Gasteiger partial charge in [-0.3, -0.25) is 15.6 Å². The van der Waals surface area contributed by atoms with E-state index in [9.17, 15) is 26.4 Å². The Kier molecular flexibility index (Phi) is 6.68. The Balaban J connectivity index is 1.87. The Labute approximate surface area is 158 Å². The van der Waals surface area contributed by atoms with Crippen LogP contribution in [0.25, 0.3) is 0 Å². The zero-order valence-electron chi connectivity index (χ0n) is 13.7. The van der Waals surface area contributed by atoms with Crippen molar-refractivity contribution in [3.8, 4) is 0 Å². The summed E-state index contributed by atoms with van der Waals surface area (Å²) in [7, 11) is -4.18. The molecular weight excluding hydrogens is 407 g/mol. The second-order valence-corrected chi connectivity index (χ2v) is 7.56. The number of hydrogen-bond donors (Lipinski definition) is 3. The highest BCUT2D eigenvalue weighted by atomic mass is 35.5. The minimum absolute atomic E-state index is 0.230. The summed E-state index contributed by atoms with van der Waals surface area (Å²) < 4.78 is 64.3. The van der Waals surface area contributed by atoms with Crippen LogP contribution in [0, 0.1) is 0 Å². The first-order valence-corrected chi connectivity index (χ1v) is 9.41. The number of nitrogens with one attached hydrogen (secondary N) is 3. The normalized spacial score (nSPS) is 11.9. The zero-order chi connectivity index (χ0) is 20.1. The van der Waals surface area contributed by atoms with Crippen molar-refractivity contribution >= 4 is 33.2 Å². The first-order valence-electron chi connectivity index (χ1n) is 7.55. The molecule has 27 heavy (non-hydrogen) atoms. The summed E-state index contributed by atoms with van der Waals surface area (Å²) in [6.07, 6.45) is -4.89. The average Bonchev–Trinajstić information content (AvgIpc) is 2.59. The Bertz CT molecular complexity index is 920. The summed E-state index contributed by atoms with van der Waals surface area (Å²) in [6, 6.07) is 9.88. The van der Waals surface area contributed by atoms with Gasteiger partial charge in [-0.2, -0.15) is 13.2 Å². The second-order valence-electron chi connectivity index (χ2n) is 5.36. The predicted molar refractivity (Wildman–Crippen MR) is 94.5 cm³/mol. The lowest BCUT2D eigenvalue weighted by Gasteiger charge is -2.11. The van der Waals surface area contributed by atoms with Crippen molar-refractivity contribution in [3.63, 3.8) is 0 Å². The van der Waals surface area contributed by atoms with Crippen LogP contribution in [0.3, 0.4) is 0 Å². The third kappa shape index (κ3) is 6.42. The summed E-state index contributed by atoms with van der Waals surface area (Å²) in [5.74, 6) is -0.526. The first kappa shape index (κ1) is 21.0. The molecule has 0 bridgehead atoms. The van der Waals surface area contributed by atoms with Crippen molar-refractivity contribution in [2.75, 3.05) is 12.0 Å². The molecule has 146 valence electrons. The lowest BCUT2D eigenvalue weighted by molar-refractivity contribution is -0.137. The lowest BCUT2D eigenvalue weighted by atomic mass is 10.2. The summed E-state index contributed by atoms with van der Waals surface area (Å²) in [6.45, 7) is -0.290. The molecule has 6 nitrogen and oxygen atoms in total. The van der Waals surface area contributed by atoms with Crippen LogP contribution in [0.5, 0.6) is 0 Å². The van der Waals surface area contributed by atoms with Crippen molar-refractivity contribution in [2.24, 2.45) is 0 Å². The summed E-state index contributed by atoms with van der Waals surface area (Å²) in [5.41, 5.74) is 4.41. The maximum Gasteiger partial charge on any atom is 0.416 e. The number of halogens is 4. The minimum Gasteiger partial charge on any atom is -0.299 e. The van der Waals surface area contributed by atoms with Crippen molar-refractivity contribution in [3.05, 3.63) is 59.1 Å². The maximum atomic E-state index is 12.7. The fraction of sp³-hybridized carbons (Fsp3) is 0.188. The van der Waals surface area contributed by atoms with Crippen LogP contribution < -0.4 is 15.6 Å². The van der Waals surface area contributed by atoms with Gasteiger partial charge in [0.1, 0.15) is 0 Å². The molecule has 0 saturated carbocycles. The quantitative estimate of drug-likeness (QED) is 0.599. The van der Waals surface area contributed by atoms with E-state index >= 15 is 0 Å². The van der Waals surface area contributed by atoms with E-state index in [1.165, 1.54) is 0 Å². The van der Waals surface area contributed by atoms with E-state index in [0.717, 1.165) is 18.2 Å². The molecule has 11 heteroatoms. The van der Waals surface area contributed by atoms with E-state index in [1.807, 2.05) is 0 Å². The number of carbonyl (C=O) groups is 1. The number of rotatable bonds is 7. The van der Waals surface area contributed by atoms with Crippen LogP contribution in [0.2, 0.25) is 5.02 Å². The molecule has 0 radical (unpaired) electrons. The van der Waals surface area contributed by atoms with Gasteiger partial charge in [-0.1, -0.05) is 23.7 Å².